The summed E-state index contributed by atoms with van der Waals surface area (Å²) in [6.07, 6.45) is 1.81. The van der Waals surface area contributed by atoms with Gasteiger partial charge in [0.25, 0.3) is 0 Å². The molecule has 1 aromatic heterocycles. The second-order valence-corrected chi connectivity index (χ2v) is 5.07. The maximum absolute atomic E-state index is 11.2. The number of nitrogens with one attached hydrogen (secondary N) is 1. The molecule has 0 aliphatic carbocycles. The molecule has 3 nitrogen and oxygen atoms in total. The number of aliphatic hydroxyl groups excluding tert-OH is 1. The van der Waals surface area contributed by atoms with Crippen LogP contribution in [0.3, 0.4) is 0 Å². The van der Waals surface area contributed by atoms with Crippen LogP contribution in [0.25, 0.3) is 0 Å². The van der Waals surface area contributed by atoms with Crippen molar-refractivity contribution in [3.63, 3.8) is 0 Å². The van der Waals surface area contributed by atoms with Crippen molar-refractivity contribution in [3.8, 4) is 0 Å². The topological polar surface area (TPSA) is 49.3 Å². The molecule has 0 radical (unpaired) electrons. The maximum Gasteiger partial charge on any atom is 0.220 e. The maximum atomic E-state index is 11.2. The van der Waals surface area contributed by atoms with Crippen molar-refractivity contribution < 1.29 is 9.90 Å². The lowest BCUT2D eigenvalue weighted by atomic mass is 10.3. The number of amides is 1. The summed E-state index contributed by atoms with van der Waals surface area (Å²) in [4.78, 5) is 12.4. The normalized spacial score (nSPS) is 10.3. The van der Waals surface area contributed by atoms with Gasteiger partial charge in [0.15, 0.2) is 0 Å². The summed E-state index contributed by atoms with van der Waals surface area (Å²) in [5.41, 5.74) is 0. The van der Waals surface area contributed by atoms with Crippen LogP contribution in [0, 0.1) is 0 Å². The summed E-state index contributed by atoms with van der Waals surface area (Å²) in [7, 11) is 0. The first-order valence-corrected chi connectivity index (χ1v) is 6.50. The third-order valence-electron chi connectivity index (χ3n) is 1.88. The minimum absolute atomic E-state index is 0.0136. The fourth-order valence-corrected chi connectivity index (χ4v) is 2.59. The molecule has 0 aliphatic heterocycles. The lowest BCUT2D eigenvalue weighted by Gasteiger charge is -2.02. The van der Waals surface area contributed by atoms with E-state index in [0.29, 0.717) is 19.4 Å². The second-order valence-electron chi connectivity index (χ2n) is 3.16. The van der Waals surface area contributed by atoms with Crippen molar-refractivity contribution in [1.29, 1.82) is 0 Å². The SMILES string of the molecule is O=C(CCCO)NCCc1cc(Br)cs1. The van der Waals surface area contributed by atoms with Crippen LogP contribution in [0.5, 0.6) is 0 Å². The molecule has 84 valence electrons. The fourth-order valence-electron chi connectivity index (χ4n) is 1.14. The Labute approximate surface area is 102 Å². The van der Waals surface area contributed by atoms with E-state index in [4.69, 9.17) is 5.11 Å². The molecule has 1 amide bonds. The molecule has 5 heteroatoms. The molecule has 0 fully saturated rings. The Morgan fingerprint density at radius 2 is 2.40 bits per heavy atom. The van der Waals surface area contributed by atoms with E-state index in [9.17, 15) is 4.79 Å². The zero-order valence-electron chi connectivity index (χ0n) is 8.33. The highest BCUT2D eigenvalue weighted by Crippen LogP contribution is 2.19. The Hall–Kier alpha value is -0.390. The van der Waals surface area contributed by atoms with Crippen LogP contribution < -0.4 is 5.32 Å². The summed E-state index contributed by atoms with van der Waals surface area (Å²) in [5.74, 6) is 0.0136. The number of thiophene rings is 1. The number of carbonyl (C=O) groups excluding carboxylic acids is 1. The number of halogens is 1. The summed E-state index contributed by atoms with van der Waals surface area (Å²) in [6, 6.07) is 2.06. The Kier molecular flexibility index (Phi) is 5.90. The van der Waals surface area contributed by atoms with Crippen molar-refractivity contribution >= 4 is 33.2 Å². The molecular formula is C10H14BrNO2S. The van der Waals surface area contributed by atoms with Gasteiger partial charge in [-0.15, -0.1) is 11.3 Å². The minimum atomic E-state index is 0.0136. The van der Waals surface area contributed by atoms with Gasteiger partial charge in [-0.2, -0.15) is 0 Å². The molecule has 2 N–H and O–H groups in total. The van der Waals surface area contributed by atoms with Gasteiger partial charge < -0.3 is 10.4 Å². The van der Waals surface area contributed by atoms with Crippen molar-refractivity contribution in [2.24, 2.45) is 0 Å². The number of hydrogen-bond donors (Lipinski definition) is 2. The molecule has 0 bridgehead atoms. The first kappa shape index (κ1) is 12.7. The Morgan fingerprint density at radius 1 is 1.60 bits per heavy atom. The van der Waals surface area contributed by atoms with E-state index >= 15 is 0 Å². The molecule has 0 aromatic carbocycles. The van der Waals surface area contributed by atoms with E-state index in [2.05, 4.69) is 27.3 Å². The summed E-state index contributed by atoms with van der Waals surface area (Å²) in [5, 5.41) is 13.4. The highest BCUT2D eigenvalue weighted by molar-refractivity contribution is 9.10. The molecule has 0 unspecified atom stereocenters. The number of rotatable bonds is 6. The Morgan fingerprint density at radius 3 is 3.00 bits per heavy atom. The van der Waals surface area contributed by atoms with Crippen LogP contribution in [0.4, 0.5) is 0 Å². The van der Waals surface area contributed by atoms with Crippen molar-refractivity contribution in [2.45, 2.75) is 19.3 Å². The van der Waals surface area contributed by atoms with Crippen LogP contribution in [-0.2, 0) is 11.2 Å². The molecule has 1 aromatic rings. The third-order valence-corrected chi connectivity index (χ3v) is 3.63. The van der Waals surface area contributed by atoms with Crippen LogP contribution in [0.2, 0.25) is 0 Å². The molecular weight excluding hydrogens is 278 g/mol. The zero-order chi connectivity index (χ0) is 11.1. The van der Waals surface area contributed by atoms with Crippen molar-refractivity contribution in [2.75, 3.05) is 13.2 Å². The summed E-state index contributed by atoms with van der Waals surface area (Å²) < 4.78 is 1.09. The minimum Gasteiger partial charge on any atom is -0.396 e. The number of carbonyl (C=O) groups is 1. The van der Waals surface area contributed by atoms with E-state index in [1.54, 1.807) is 11.3 Å². The first-order chi connectivity index (χ1) is 7.22. The second kappa shape index (κ2) is 6.98. The lowest BCUT2D eigenvalue weighted by molar-refractivity contribution is -0.121. The van der Waals surface area contributed by atoms with Gasteiger partial charge in [-0.25, -0.2) is 0 Å². The average molecular weight is 292 g/mol. The summed E-state index contributed by atoms with van der Waals surface area (Å²) in [6.45, 7) is 0.739. The molecule has 0 aliphatic rings. The smallest absolute Gasteiger partial charge is 0.220 e. The standard InChI is InChI=1S/C10H14BrNO2S/c11-8-6-9(15-7-8)3-4-12-10(14)2-1-5-13/h6-7,13H,1-5H2,(H,12,14). The molecule has 1 heterocycles. The van der Waals surface area contributed by atoms with Gasteiger partial charge in [-0.05, 0) is 34.8 Å². The Balaban J connectivity index is 2.13. The fraction of sp³-hybridized carbons (Fsp3) is 0.500. The van der Waals surface area contributed by atoms with Gasteiger partial charge in [0.2, 0.25) is 5.91 Å². The van der Waals surface area contributed by atoms with Gasteiger partial charge in [-0.1, -0.05) is 0 Å². The monoisotopic (exact) mass is 291 g/mol. The third kappa shape index (κ3) is 5.30. The van der Waals surface area contributed by atoms with Crippen molar-refractivity contribution in [1.82, 2.24) is 5.32 Å². The van der Waals surface area contributed by atoms with Crippen LogP contribution in [0.15, 0.2) is 15.9 Å². The van der Waals surface area contributed by atoms with E-state index in [0.717, 1.165) is 10.9 Å². The zero-order valence-corrected chi connectivity index (χ0v) is 10.7. The van der Waals surface area contributed by atoms with Gasteiger partial charge in [-0.3, -0.25) is 4.79 Å². The van der Waals surface area contributed by atoms with E-state index < -0.39 is 0 Å². The molecule has 0 saturated carbocycles. The molecule has 1 rings (SSSR count). The van der Waals surface area contributed by atoms with Gasteiger partial charge >= 0.3 is 0 Å². The number of hydrogen-bond acceptors (Lipinski definition) is 3. The molecule has 0 spiro atoms. The molecule has 15 heavy (non-hydrogen) atoms. The highest BCUT2D eigenvalue weighted by Gasteiger charge is 2.01. The average Bonchev–Trinajstić information content (AvgIpc) is 2.61. The summed E-state index contributed by atoms with van der Waals surface area (Å²) >= 11 is 5.06. The highest BCUT2D eigenvalue weighted by atomic mass is 79.9. The van der Waals surface area contributed by atoms with E-state index in [1.807, 2.05) is 5.38 Å². The van der Waals surface area contributed by atoms with Gasteiger partial charge in [0.1, 0.15) is 0 Å². The molecule has 0 atom stereocenters. The predicted molar refractivity (Wildman–Crippen MR) is 65.1 cm³/mol. The largest absolute Gasteiger partial charge is 0.396 e. The van der Waals surface area contributed by atoms with E-state index in [-0.39, 0.29) is 12.5 Å². The number of aliphatic hydroxyl groups is 1. The van der Waals surface area contributed by atoms with Crippen molar-refractivity contribution in [3.05, 3.63) is 20.8 Å². The first-order valence-electron chi connectivity index (χ1n) is 4.83. The van der Waals surface area contributed by atoms with Crippen LogP contribution in [-0.4, -0.2) is 24.2 Å². The van der Waals surface area contributed by atoms with Gasteiger partial charge in [0.05, 0.1) is 0 Å². The molecule has 0 saturated heterocycles. The quantitative estimate of drug-likeness (QED) is 0.842. The van der Waals surface area contributed by atoms with E-state index in [1.165, 1.54) is 4.88 Å². The van der Waals surface area contributed by atoms with Crippen LogP contribution >= 0.6 is 27.3 Å². The van der Waals surface area contributed by atoms with Crippen LogP contribution in [0.1, 0.15) is 17.7 Å². The lowest BCUT2D eigenvalue weighted by Crippen LogP contribution is -2.25. The predicted octanol–water partition coefficient (Wildman–Crippen LogP) is 1.94. The Bertz CT molecular complexity index is 314. The van der Waals surface area contributed by atoms with Gasteiger partial charge in [0, 0.05) is 34.3 Å².